The van der Waals surface area contributed by atoms with Crippen LogP contribution in [0.4, 0.5) is 15.8 Å². The van der Waals surface area contributed by atoms with Gasteiger partial charge >= 0.3 is 5.97 Å². The molecule has 7 nitrogen and oxygen atoms in total. The van der Waals surface area contributed by atoms with Crippen molar-refractivity contribution in [1.82, 2.24) is 0 Å². The highest BCUT2D eigenvalue weighted by Gasteiger charge is 2.37. The van der Waals surface area contributed by atoms with Gasteiger partial charge in [-0.3, -0.25) is 14.4 Å². The Kier molecular flexibility index (Phi) is 5.88. The Labute approximate surface area is 161 Å². The van der Waals surface area contributed by atoms with Crippen LogP contribution in [0.1, 0.15) is 6.42 Å². The molecule has 1 fully saturated rings. The van der Waals surface area contributed by atoms with Gasteiger partial charge in [0.2, 0.25) is 5.91 Å². The molecular weight excluding hydrogens is 367 g/mol. The topological polar surface area (TPSA) is 84.9 Å². The van der Waals surface area contributed by atoms with E-state index in [9.17, 15) is 18.8 Å². The lowest BCUT2D eigenvalue weighted by atomic mass is 10.1. The normalized spacial score (nSPS) is 16.0. The lowest BCUT2D eigenvalue weighted by molar-refractivity contribution is -0.151. The molecule has 1 heterocycles. The molecular formula is C20H19FN2O5. The summed E-state index contributed by atoms with van der Waals surface area (Å²) in [7, 11) is 1.51. The third-order valence-electron chi connectivity index (χ3n) is 4.30. The zero-order valence-corrected chi connectivity index (χ0v) is 15.2. The molecule has 1 N–H and O–H groups in total. The maximum atomic E-state index is 13.9. The minimum Gasteiger partial charge on any atom is -0.497 e. The second-order valence-electron chi connectivity index (χ2n) is 6.24. The van der Waals surface area contributed by atoms with Crippen LogP contribution in [-0.2, 0) is 19.1 Å². The Hall–Kier alpha value is -3.42. The number of amides is 2. The number of benzene rings is 2. The van der Waals surface area contributed by atoms with Gasteiger partial charge in [-0.1, -0.05) is 18.2 Å². The van der Waals surface area contributed by atoms with Gasteiger partial charge in [0.15, 0.2) is 6.61 Å². The molecule has 146 valence electrons. The van der Waals surface area contributed by atoms with Gasteiger partial charge in [0, 0.05) is 24.7 Å². The fraction of sp³-hybridized carbons (Fsp3) is 0.250. The third-order valence-corrected chi connectivity index (χ3v) is 4.30. The minimum atomic E-state index is -0.753. The average Bonchev–Trinajstić information content (AvgIpc) is 3.08. The molecule has 0 saturated carbocycles. The summed E-state index contributed by atoms with van der Waals surface area (Å²) >= 11 is 0. The number of esters is 1. The molecule has 8 heteroatoms. The van der Waals surface area contributed by atoms with Gasteiger partial charge in [-0.2, -0.15) is 0 Å². The summed E-state index contributed by atoms with van der Waals surface area (Å²) in [6.45, 7) is -0.476. The van der Waals surface area contributed by atoms with Crippen molar-refractivity contribution in [3.8, 4) is 5.75 Å². The molecule has 2 aromatic carbocycles. The van der Waals surface area contributed by atoms with Crippen LogP contribution in [0, 0.1) is 11.7 Å². The quantitative estimate of drug-likeness (QED) is 0.771. The Morgan fingerprint density at radius 2 is 2.00 bits per heavy atom. The highest BCUT2D eigenvalue weighted by molar-refractivity contribution is 6.00. The van der Waals surface area contributed by atoms with E-state index in [0.717, 1.165) is 0 Å². The second-order valence-corrected chi connectivity index (χ2v) is 6.24. The number of hydrogen-bond donors (Lipinski definition) is 1. The van der Waals surface area contributed by atoms with E-state index in [1.165, 1.54) is 30.2 Å². The van der Waals surface area contributed by atoms with Crippen LogP contribution in [0.2, 0.25) is 0 Å². The number of nitrogens with one attached hydrogen (secondary N) is 1. The maximum absolute atomic E-state index is 13.9. The lowest BCUT2D eigenvalue weighted by Gasteiger charge is -2.17. The van der Waals surface area contributed by atoms with Gasteiger partial charge < -0.3 is 19.7 Å². The van der Waals surface area contributed by atoms with Gasteiger partial charge in [0.1, 0.15) is 11.6 Å². The minimum absolute atomic E-state index is 0.0100. The number of anilines is 2. The Morgan fingerprint density at radius 3 is 2.75 bits per heavy atom. The first-order valence-electron chi connectivity index (χ1n) is 8.63. The Morgan fingerprint density at radius 1 is 1.21 bits per heavy atom. The van der Waals surface area contributed by atoms with Gasteiger partial charge in [0.05, 0.1) is 18.7 Å². The van der Waals surface area contributed by atoms with Crippen LogP contribution in [0.25, 0.3) is 0 Å². The SMILES string of the molecule is COc1cccc(NC(=O)COC(=O)[C@H]2CC(=O)N(c3ccccc3F)C2)c1. The summed E-state index contributed by atoms with van der Waals surface area (Å²) < 4.78 is 24.0. The van der Waals surface area contributed by atoms with Gasteiger partial charge in [-0.25, -0.2) is 4.39 Å². The fourth-order valence-electron chi connectivity index (χ4n) is 2.92. The summed E-state index contributed by atoms with van der Waals surface area (Å²) in [5.74, 6) is -2.27. The lowest BCUT2D eigenvalue weighted by Crippen LogP contribution is -2.28. The van der Waals surface area contributed by atoms with Crippen molar-refractivity contribution in [3.05, 3.63) is 54.3 Å². The average molecular weight is 386 g/mol. The van der Waals surface area contributed by atoms with Crippen LogP contribution in [0.5, 0.6) is 5.75 Å². The monoisotopic (exact) mass is 386 g/mol. The number of methoxy groups -OCH3 is 1. The van der Waals surface area contributed by atoms with Crippen molar-refractivity contribution >= 4 is 29.2 Å². The Bertz CT molecular complexity index is 902. The summed E-state index contributed by atoms with van der Waals surface area (Å²) in [4.78, 5) is 37.5. The zero-order chi connectivity index (χ0) is 20.1. The van der Waals surface area contributed by atoms with Crippen molar-refractivity contribution < 1.29 is 28.2 Å². The molecule has 1 atom stereocenters. The first-order chi connectivity index (χ1) is 13.5. The largest absolute Gasteiger partial charge is 0.497 e. The maximum Gasteiger partial charge on any atom is 0.311 e. The molecule has 2 aromatic rings. The van der Waals surface area contributed by atoms with E-state index in [1.54, 1.807) is 30.3 Å². The molecule has 0 unspecified atom stereocenters. The van der Waals surface area contributed by atoms with E-state index in [1.807, 2.05) is 0 Å². The molecule has 3 rings (SSSR count). The van der Waals surface area contributed by atoms with Crippen LogP contribution in [0.15, 0.2) is 48.5 Å². The number of carbonyl (C=O) groups excluding carboxylic acids is 3. The molecule has 2 amide bonds. The zero-order valence-electron chi connectivity index (χ0n) is 15.2. The van der Waals surface area contributed by atoms with Gasteiger partial charge in [-0.15, -0.1) is 0 Å². The highest BCUT2D eigenvalue weighted by Crippen LogP contribution is 2.27. The number of hydrogen-bond acceptors (Lipinski definition) is 5. The predicted octanol–water partition coefficient (Wildman–Crippen LogP) is 2.37. The van der Waals surface area contributed by atoms with E-state index in [4.69, 9.17) is 9.47 Å². The van der Waals surface area contributed by atoms with Crippen molar-refractivity contribution in [2.24, 2.45) is 5.92 Å². The van der Waals surface area contributed by atoms with E-state index in [2.05, 4.69) is 5.32 Å². The first-order valence-corrected chi connectivity index (χ1v) is 8.63. The molecule has 0 bridgehead atoms. The van der Waals surface area contributed by atoms with Gasteiger partial charge in [0.25, 0.3) is 5.91 Å². The molecule has 28 heavy (non-hydrogen) atoms. The second kappa shape index (κ2) is 8.51. The van der Waals surface area contributed by atoms with Crippen LogP contribution in [0.3, 0.4) is 0 Å². The smallest absolute Gasteiger partial charge is 0.311 e. The van der Waals surface area contributed by atoms with E-state index in [-0.39, 0.29) is 24.6 Å². The summed E-state index contributed by atoms with van der Waals surface area (Å²) in [6.07, 6.45) is -0.0926. The van der Waals surface area contributed by atoms with Crippen molar-refractivity contribution in [3.63, 3.8) is 0 Å². The number of halogens is 1. The first kappa shape index (κ1) is 19.3. The number of carbonyl (C=O) groups is 3. The third kappa shape index (κ3) is 4.46. The molecule has 1 aliphatic rings. The molecule has 1 aliphatic heterocycles. The van der Waals surface area contributed by atoms with Crippen molar-refractivity contribution in [2.75, 3.05) is 30.5 Å². The van der Waals surface area contributed by atoms with Crippen molar-refractivity contribution in [1.29, 1.82) is 0 Å². The molecule has 0 radical (unpaired) electrons. The van der Waals surface area contributed by atoms with Gasteiger partial charge in [-0.05, 0) is 24.3 Å². The highest BCUT2D eigenvalue weighted by atomic mass is 19.1. The van der Waals surface area contributed by atoms with Crippen LogP contribution < -0.4 is 15.0 Å². The van der Waals surface area contributed by atoms with E-state index in [0.29, 0.717) is 11.4 Å². The number of para-hydroxylation sites is 1. The summed E-state index contributed by atoms with van der Waals surface area (Å²) in [5, 5.41) is 2.59. The van der Waals surface area contributed by atoms with E-state index < -0.39 is 30.2 Å². The molecule has 1 saturated heterocycles. The number of ether oxygens (including phenoxy) is 2. The van der Waals surface area contributed by atoms with Crippen molar-refractivity contribution in [2.45, 2.75) is 6.42 Å². The predicted molar refractivity (Wildman–Crippen MR) is 99.4 cm³/mol. The molecule has 0 aliphatic carbocycles. The number of nitrogens with zero attached hydrogens (tertiary/aromatic N) is 1. The Balaban J connectivity index is 1.53. The molecule has 0 spiro atoms. The standard InChI is InChI=1S/C20H19FN2O5/c1-27-15-6-4-5-14(10-15)22-18(24)12-28-20(26)13-9-19(25)23(11-13)17-8-3-2-7-16(17)21/h2-8,10,13H,9,11-12H2,1H3,(H,22,24)/t13-/m0/s1. The van der Waals surface area contributed by atoms with E-state index >= 15 is 0 Å². The number of rotatable bonds is 6. The van der Waals surface area contributed by atoms with Crippen LogP contribution in [-0.4, -0.2) is 38.0 Å². The molecule has 0 aromatic heterocycles. The van der Waals surface area contributed by atoms with Crippen LogP contribution >= 0.6 is 0 Å². The summed E-state index contributed by atoms with van der Waals surface area (Å²) in [6, 6.07) is 12.6. The summed E-state index contributed by atoms with van der Waals surface area (Å²) in [5.41, 5.74) is 0.626. The fourth-order valence-corrected chi connectivity index (χ4v) is 2.92.